The third kappa shape index (κ3) is 6.08. The zero-order chi connectivity index (χ0) is 19.8. The van der Waals surface area contributed by atoms with Crippen LogP contribution in [0.3, 0.4) is 0 Å². The van der Waals surface area contributed by atoms with Crippen molar-refractivity contribution in [3.8, 4) is 5.75 Å². The molecule has 1 atom stereocenters. The van der Waals surface area contributed by atoms with E-state index in [4.69, 9.17) is 16.3 Å². The lowest BCUT2D eigenvalue weighted by atomic mass is 10.1. The minimum atomic E-state index is -0.259. The molecule has 0 heterocycles. The normalized spacial score (nSPS) is 12.0. The first-order valence-corrected chi connectivity index (χ1v) is 9.91. The molecule has 0 spiro atoms. The highest BCUT2D eigenvalue weighted by Crippen LogP contribution is 2.24. The molecule has 0 aromatic heterocycles. The summed E-state index contributed by atoms with van der Waals surface area (Å²) in [4.78, 5) is 0. The lowest BCUT2D eigenvalue weighted by Gasteiger charge is -2.17. The number of aryl methyl sites for hydroxylation is 1. The standard InChI is InChI=1S/C24H25ClFNO/c1-18(11-12-19-7-3-2-4-8-19)27-16-21-15-22(25)13-14-24(21)28-17-20-9-5-6-10-23(20)26/h2-10,13-15,18,27H,11-12,16-17H2,1H3. The summed E-state index contributed by atoms with van der Waals surface area (Å²) in [5.41, 5.74) is 2.84. The molecule has 0 saturated carbocycles. The van der Waals surface area contributed by atoms with Gasteiger partial charge in [0.05, 0.1) is 0 Å². The minimum absolute atomic E-state index is 0.185. The molecule has 0 aliphatic carbocycles. The molecule has 0 bridgehead atoms. The number of halogens is 2. The van der Waals surface area contributed by atoms with Gasteiger partial charge in [0.25, 0.3) is 0 Å². The third-order valence-electron chi connectivity index (χ3n) is 4.71. The van der Waals surface area contributed by atoms with Crippen molar-refractivity contribution in [2.24, 2.45) is 0 Å². The van der Waals surface area contributed by atoms with E-state index < -0.39 is 0 Å². The smallest absolute Gasteiger partial charge is 0.129 e. The Morgan fingerprint density at radius 1 is 0.964 bits per heavy atom. The first-order chi connectivity index (χ1) is 13.6. The van der Waals surface area contributed by atoms with Crippen LogP contribution in [0.5, 0.6) is 5.75 Å². The molecule has 1 unspecified atom stereocenters. The number of hydrogen-bond acceptors (Lipinski definition) is 2. The predicted molar refractivity (Wildman–Crippen MR) is 113 cm³/mol. The Balaban J connectivity index is 1.57. The van der Waals surface area contributed by atoms with E-state index in [1.165, 1.54) is 11.6 Å². The molecule has 0 radical (unpaired) electrons. The van der Waals surface area contributed by atoms with E-state index in [9.17, 15) is 4.39 Å². The summed E-state index contributed by atoms with van der Waals surface area (Å²) in [6.07, 6.45) is 2.07. The van der Waals surface area contributed by atoms with Gasteiger partial charge in [0.15, 0.2) is 0 Å². The Morgan fingerprint density at radius 3 is 2.50 bits per heavy atom. The van der Waals surface area contributed by atoms with Crippen molar-refractivity contribution in [3.63, 3.8) is 0 Å². The molecule has 146 valence electrons. The van der Waals surface area contributed by atoms with Crippen molar-refractivity contribution in [3.05, 3.63) is 100 Å². The van der Waals surface area contributed by atoms with Crippen LogP contribution in [0.2, 0.25) is 5.02 Å². The minimum Gasteiger partial charge on any atom is -0.488 e. The van der Waals surface area contributed by atoms with Gasteiger partial charge in [-0.1, -0.05) is 60.1 Å². The van der Waals surface area contributed by atoms with E-state index in [1.54, 1.807) is 24.3 Å². The van der Waals surface area contributed by atoms with Crippen LogP contribution in [0.1, 0.15) is 30.0 Å². The fraction of sp³-hybridized carbons (Fsp3) is 0.250. The van der Waals surface area contributed by atoms with Crippen molar-refractivity contribution in [1.29, 1.82) is 0 Å². The van der Waals surface area contributed by atoms with Gasteiger partial charge in [0, 0.05) is 28.7 Å². The van der Waals surface area contributed by atoms with Gasteiger partial charge in [0.2, 0.25) is 0 Å². The van der Waals surface area contributed by atoms with Gasteiger partial charge in [0.1, 0.15) is 18.2 Å². The molecule has 0 aliphatic rings. The van der Waals surface area contributed by atoms with E-state index in [2.05, 4.69) is 36.5 Å². The summed E-state index contributed by atoms with van der Waals surface area (Å²) in [6, 6.07) is 23.0. The number of ether oxygens (including phenoxy) is 1. The Bertz CT molecular complexity index is 885. The van der Waals surface area contributed by atoms with E-state index in [-0.39, 0.29) is 12.4 Å². The average molecular weight is 398 g/mol. The number of nitrogens with one attached hydrogen (secondary N) is 1. The molecule has 1 N–H and O–H groups in total. The Morgan fingerprint density at radius 2 is 1.71 bits per heavy atom. The van der Waals surface area contributed by atoms with Crippen LogP contribution < -0.4 is 10.1 Å². The van der Waals surface area contributed by atoms with Gasteiger partial charge in [-0.3, -0.25) is 0 Å². The molecule has 4 heteroatoms. The summed E-state index contributed by atoms with van der Waals surface area (Å²) in [7, 11) is 0. The van der Waals surface area contributed by atoms with Crippen molar-refractivity contribution in [2.45, 2.75) is 39.0 Å². The molecule has 0 amide bonds. The predicted octanol–water partition coefficient (Wildman–Crippen LogP) is 6.17. The van der Waals surface area contributed by atoms with E-state index >= 15 is 0 Å². The Labute approximate surface area is 171 Å². The second kappa shape index (κ2) is 10.3. The lowest BCUT2D eigenvalue weighted by molar-refractivity contribution is 0.295. The second-order valence-corrected chi connectivity index (χ2v) is 7.37. The molecule has 28 heavy (non-hydrogen) atoms. The SMILES string of the molecule is CC(CCc1ccccc1)NCc1cc(Cl)ccc1OCc1ccccc1F. The molecule has 0 saturated heterocycles. The van der Waals surface area contributed by atoms with Gasteiger partial charge in [-0.05, 0) is 49.6 Å². The van der Waals surface area contributed by atoms with Crippen molar-refractivity contribution in [1.82, 2.24) is 5.32 Å². The van der Waals surface area contributed by atoms with Gasteiger partial charge in [-0.2, -0.15) is 0 Å². The highest BCUT2D eigenvalue weighted by Gasteiger charge is 2.09. The van der Waals surface area contributed by atoms with Gasteiger partial charge in [-0.15, -0.1) is 0 Å². The average Bonchev–Trinajstić information content (AvgIpc) is 2.72. The van der Waals surface area contributed by atoms with E-state index in [1.807, 2.05) is 18.2 Å². The van der Waals surface area contributed by atoms with Crippen molar-refractivity contribution in [2.75, 3.05) is 0 Å². The zero-order valence-electron chi connectivity index (χ0n) is 16.0. The Kier molecular flexibility index (Phi) is 7.46. The van der Waals surface area contributed by atoms with Gasteiger partial charge < -0.3 is 10.1 Å². The van der Waals surface area contributed by atoms with Crippen LogP contribution >= 0.6 is 11.6 Å². The van der Waals surface area contributed by atoms with Crippen LogP contribution in [0, 0.1) is 5.82 Å². The number of rotatable bonds is 9. The lowest BCUT2D eigenvalue weighted by Crippen LogP contribution is -2.26. The van der Waals surface area contributed by atoms with E-state index in [0.29, 0.717) is 23.2 Å². The quantitative estimate of drug-likeness (QED) is 0.466. The summed E-state index contributed by atoms with van der Waals surface area (Å²) in [6.45, 7) is 3.00. The van der Waals surface area contributed by atoms with Gasteiger partial charge >= 0.3 is 0 Å². The second-order valence-electron chi connectivity index (χ2n) is 6.94. The third-order valence-corrected chi connectivity index (χ3v) is 4.95. The van der Waals surface area contributed by atoms with Crippen LogP contribution in [0.4, 0.5) is 4.39 Å². The van der Waals surface area contributed by atoms with Crippen LogP contribution in [-0.2, 0) is 19.6 Å². The number of benzene rings is 3. The van der Waals surface area contributed by atoms with Crippen LogP contribution in [-0.4, -0.2) is 6.04 Å². The molecule has 0 fully saturated rings. The molecular weight excluding hydrogens is 373 g/mol. The molecule has 0 aliphatic heterocycles. The summed E-state index contributed by atoms with van der Waals surface area (Å²) >= 11 is 6.17. The first kappa shape index (κ1) is 20.4. The van der Waals surface area contributed by atoms with Crippen LogP contribution in [0.25, 0.3) is 0 Å². The topological polar surface area (TPSA) is 21.3 Å². The zero-order valence-corrected chi connectivity index (χ0v) is 16.8. The van der Waals surface area contributed by atoms with E-state index in [0.717, 1.165) is 24.2 Å². The Hall–Kier alpha value is -2.36. The summed E-state index contributed by atoms with van der Waals surface area (Å²) < 4.78 is 19.7. The summed E-state index contributed by atoms with van der Waals surface area (Å²) in [5, 5.41) is 4.19. The highest BCUT2D eigenvalue weighted by atomic mass is 35.5. The summed E-state index contributed by atoms with van der Waals surface area (Å²) in [5.74, 6) is 0.459. The largest absolute Gasteiger partial charge is 0.488 e. The van der Waals surface area contributed by atoms with Gasteiger partial charge in [-0.25, -0.2) is 4.39 Å². The molecule has 3 aromatic carbocycles. The fourth-order valence-electron chi connectivity index (χ4n) is 3.01. The molecular formula is C24H25ClFNO. The maximum Gasteiger partial charge on any atom is 0.129 e. The van der Waals surface area contributed by atoms with Crippen LogP contribution in [0.15, 0.2) is 72.8 Å². The molecule has 2 nitrogen and oxygen atoms in total. The molecule has 3 aromatic rings. The van der Waals surface area contributed by atoms with Crippen molar-refractivity contribution < 1.29 is 9.13 Å². The van der Waals surface area contributed by atoms with Crippen molar-refractivity contribution >= 4 is 11.6 Å². The monoisotopic (exact) mass is 397 g/mol. The maximum atomic E-state index is 13.8. The highest BCUT2D eigenvalue weighted by molar-refractivity contribution is 6.30. The molecule has 3 rings (SSSR count). The maximum absolute atomic E-state index is 13.8. The number of hydrogen-bond donors (Lipinski definition) is 1. The fourth-order valence-corrected chi connectivity index (χ4v) is 3.21. The first-order valence-electron chi connectivity index (χ1n) is 9.54.